The van der Waals surface area contributed by atoms with Gasteiger partial charge in [-0.05, 0) is 6.20 Å². The number of carbonyl (C=O) groups is 1. The molecule has 0 aromatic heterocycles. The standard InChI is InChI=1S/C6H10N2.C2H4O3/c1-3-8-5-4-7(2)6-8;1-5-2(3)4/h3-5H,1,6H2,2H3;1H3,(H,3,4). The Bertz CT molecular complexity index is 204. The summed E-state index contributed by atoms with van der Waals surface area (Å²) in [7, 11) is 3.13. The van der Waals surface area contributed by atoms with Crippen molar-refractivity contribution in [2.75, 3.05) is 20.8 Å². The van der Waals surface area contributed by atoms with Crippen LogP contribution in [0, 0.1) is 0 Å². The van der Waals surface area contributed by atoms with E-state index in [9.17, 15) is 0 Å². The Morgan fingerprint density at radius 2 is 2.23 bits per heavy atom. The van der Waals surface area contributed by atoms with Crippen LogP contribution in [0.25, 0.3) is 0 Å². The van der Waals surface area contributed by atoms with E-state index < -0.39 is 6.16 Å². The summed E-state index contributed by atoms with van der Waals surface area (Å²) in [6.45, 7) is 4.56. The van der Waals surface area contributed by atoms with Gasteiger partial charge in [0.1, 0.15) is 0 Å². The van der Waals surface area contributed by atoms with E-state index in [4.69, 9.17) is 9.90 Å². The molecule has 5 nitrogen and oxygen atoms in total. The van der Waals surface area contributed by atoms with E-state index in [1.54, 1.807) is 6.20 Å². The van der Waals surface area contributed by atoms with Crippen molar-refractivity contribution in [1.29, 1.82) is 0 Å². The largest absolute Gasteiger partial charge is 0.505 e. The predicted molar refractivity (Wildman–Crippen MR) is 48.8 cm³/mol. The first-order valence-electron chi connectivity index (χ1n) is 3.64. The summed E-state index contributed by atoms with van der Waals surface area (Å²) in [5, 5.41) is 7.50. The highest BCUT2D eigenvalue weighted by molar-refractivity contribution is 5.56. The molecule has 1 aliphatic heterocycles. The summed E-state index contributed by atoms with van der Waals surface area (Å²) >= 11 is 0. The third kappa shape index (κ3) is 5.60. The Morgan fingerprint density at radius 1 is 1.69 bits per heavy atom. The lowest BCUT2D eigenvalue weighted by Gasteiger charge is -2.11. The van der Waals surface area contributed by atoms with Gasteiger partial charge in [-0.1, -0.05) is 6.58 Å². The lowest BCUT2D eigenvalue weighted by atomic mass is 10.8. The van der Waals surface area contributed by atoms with Gasteiger partial charge in [0.2, 0.25) is 0 Å². The number of hydrogen-bond donors (Lipinski definition) is 1. The Kier molecular flexibility index (Phi) is 5.18. The third-order valence-electron chi connectivity index (χ3n) is 1.31. The number of nitrogens with zero attached hydrogens (tertiary/aromatic N) is 2. The highest BCUT2D eigenvalue weighted by atomic mass is 16.6. The van der Waals surface area contributed by atoms with Gasteiger partial charge in [-0.2, -0.15) is 0 Å². The number of rotatable bonds is 1. The highest BCUT2D eigenvalue weighted by Gasteiger charge is 2.01. The zero-order valence-corrected chi connectivity index (χ0v) is 7.80. The molecule has 0 saturated heterocycles. The fraction of sp³-hybridized carbons (Fsp3) is 0.375. The molecule has 0 radical (unpaired) electrons. The molecule has 0 saturated carbocycles. The van der Waals surface area contributed by atoms with Gasteiger partial charge in [0.25, 0.3) is 0 Å². The van der Waals surface area contributed by atoms with Crippen LogP contribution in [0.5, 0.6) is 0 Å². The minimum absolute atomic E-state index is 0.934. The predicted octanol–water partition coefficient (Wildman–Crippen LogP) is 1.12. The quantitative estimate of drug-likeness (QED) is 0.622. The Morgan fingerprint density at radius 3 is 2.38 bits per heavy atom. The summed E-state index contributed by atoms with van der Waals surface area (Å²) < 4.78 is 3.67. The minimum Gasteiger partial charge on any atom is -0.450 e. The van der Waals surface area contributed by atoms with E-state index in [0.29, 0.717) is 0 Å². The summed E-state index contributed by atoms with van der Waals surface area (Å²) in [6, 6.07) is 0. The van der Waals surface area contributed by atoms with Crippen LogP contribution in [0.2, 0.25) is 0 Å². The van der Waals surface area contributed by atoms with Crippen molar-refractivity contribution < 1.29 is 14.6 Å². The van der Waals surface area contributed by atoms with Gasteiger partial charge in [0.05, 0.1) is 13.8 Å². The molecule has 74 valence electrons. The first kappa shape index (κ1) is 11.4. The zero-order chi connectivity index (χ0) is 10.3. The van der Waals surface area contributed by atoms with Crippen molar-refractivity contribution in [2.45, 2.75) is 0 Å². The Labute approximate surface area is 77.5 Å². The summed E-state index contributed by atoms with van der Waals surface area (Å²) in [5.41, 5.74) is 0. The van der Waals surface area contributed by atoms with Crippen molar-refractivity contribution in [1.82, 2.24) is 9.80 Å². The Hall–Kier alpha value is -1.65. The van der Waals surface area contributed by atoms with Crippen LogP contribution in [0.3, 0.4) is 0 Å². The van der Waals surface area contributed by atoms with Crippen molar-refractivity contribution in [3.63, 3.8) is 0 Å². The van der Waals surface area contributed by atoms with E-state index in [1.807, 2.05) is 24.3 Å². The van der Waals surface area contributed by atoms with Gasteiger partial charge in [-0.15, -0.1) is 0 Å². The first-order chi connectivity index (χ1) is 6.10. The van der Waals surface area contributed by atoms with Crippen LogP contribution in [0.15, 0.2) is 25.2 Å². The van der Waals surface area contributed by atoms with Crippen LogP contribution in [0.4, 0.5) is 4.79 Å². The molecule has 0 aromatic carbocycles. The van der Waals surface area contributed by atoms with E-state index >= 15 is 0 Å². The van der Waals surface area contributed by atoms with E-state index in [2.05, 4.69) is 16.2 Å². The number of hydrogen-bond acceptors (Lipinski definition) is 4. The first-order valence-corrected chi connectivity index (χ1v) is 3.64. The molecule has 1 N–H and O–H groups in total. The monoisotopic (exact) mass is 186 g/mol. The summed E-state index contributed by atoms with van der Waals surface area (Å²) in [6.07, 6.45) is 4.57. The molecule has 0 atom stereocenters. The summed E-state index contributed by atoms with van der Waals surface area (Å²) in [5.74, 6) is 0. The molecule has 1 rings (SSSR count). The SMILES string of the molecule is C=CN1C=CN(C)C1.COC(=O)O. The topological polar surface area (TPSA) is 53.0 Å². The van der Waals surface area contributed by atoms with Crippen LogP contribution in [-0.2, 0) is 4.74 Å². The maximum Gasteiger partial charge on any atom is 0.505 e. The zero-order valence-electron chi connectivity index (χ0n) is 7.80. The van der Waals surface area contributed by atoms with Gasteiger partial charge >= 0.3 is 6.16 Å². The maximum absolute atomic E-state index is 9.15. The molecule has 1 aliphatic rings. The second-order valence-electron chi connectivity index (χ2n) is 2.36. The molecule has 0 bridgehead atoms. The second kappa shape index (κ2) is 5.93. The molecule has 0 amide bonds. The van der Waals surface area contributed by atoms with Crippen LogP contribution >= 0.6 is 0 Å². The molecule has 0 aromatic rings. The van der Waals surface area contributed by atoms with Crippen molar-refractivity contribution in [3.05, 3.63) is 25.2 Å². The highest BCUT2D eigenvalue weighted by Crippen LogP contribution is 2.01. The minimum atomic E-state index is -1.25. The molecular weight excluding hydrogens is 172 g/mol. The van der Waals surface area contributed by atoms with Crippen LogP contribution in [-0.4, -0.2) is 41.9 Å². The fourth-order valence-electron chi connectivity index (χ4n) is 0.670. The number of methoxy groups -OCH3 is 1. The lowest BCUT2D eigenvalue weighted by molar-refractivity contribution is 0.114. The van der Waals surface area contributed by atoms with Crippen molar-refractivity contribution >= 4 is 6.16 Å². The van der Waals surface area contributed by atoms with Crippen molar-refractivity contribution in [2.24, 2.45) is 0 Å². The average molecular weight is 186 g/mol. The lowest BCUT2D eigenvalue weighted by Crippen LogP contribution is -2.16. The fourth-order valence-corrected chi connectivity index (χ4v) is 0.670. The Balaban J connectivity index is 0.000000252. The third-order valence-corrected chi connectivity index (χ3v) is 1.31. The molecule has 0 spiro atoms. The smallest absolute Gasteiger partial charge is 0.450 e. The average Bonchev–Trinajstić information content (AvgIpc) is 2.52. The molecule has 1 heterocycles. The molecule has 0 unspecified atom stereocenters. The van der Waals surface area contributed by atoms with Gasteiger partial charge in [-0.25, -0.2) is 4.79 Å². The number of ether oxygens (including phenoxy) is 1. The van der Waals surface area contributed by atoms with E-state index in [1.165, 1.54) is 0 Å². The van der Waals surface area contributed by atoms with Crippen LogP contribution < -0.4 is 0 Å². The normalized spacial score (nSPS) is 13.4. The molecule has 13 heavy (non-hydrogen) atoms. The molecule has 5 heteroatoms. The molecular formula is C8H14N2O3. The van der Waals surface area contributed by atoms with Gasteiger partial charge in [0.15, 0.2) is 0 Å². The molecule has 0 fully saturated rings. The second-order valence-corrected chi connectivity index (χ2v) is 2.36. The van der Waals surface area contributed by atoms with Crippen molar-refractivity contribution in [3.8, 4) is 0 Å². The van der Waals surface area contributed by atoms with Crippen LogP contribution in [0.1, 0.15) is 0 Å². The maximum atomic E-state index is 9.15. The van der Waals surface area contributed by atoms with E-state index in [0.717, 1.165) is 13.8 Å². The molecule has 0 aliphatic carbocycles. The summed E-state index contributed by atoms with van der Waals surface area (Å²) in [4.78, 5) is 13.2. The van der Waals surface area contributed by atoms with Gasteiger partial charge in [0, 0.05) is 19.4 Å². The number of carboxylic acid groups (broad SMARTS) is 1. The van der Waals surface area contributed by atoms with E-state index in [-0.39, 0.29) is 0 Å². The van der Waals surface area contributed by atoms with Gasteiger partial charge in [-0.3, -0.25) is 0 Å². The van der Waals surface area contributed by atoms with Gasteiger partial charge < -0.3 is 19.6 Å².